The highest BCUT2D eigenvalue weighted by atomic mass is 15.2. The van der Waals surface area contributed by atoms with Crippen LogP contribution in [0, 0.1) is 13.8 Å². The third kappa shape index (κ3) is 3.56. The number of rotatable bonds is 5. The smallest absolute Gasteiger partial charge is 0.0959 e. The van der Waals surface area contributed by atoms with Gasteiger partial charge in [0.2, 0.25) is 0 Å². The van der Waals surface area contributed by atoms with Crippen LogP contribution in [0.1, 0.15) is 48.3 Å². The molecule has 142 valence electrons. The van der Waals surface area contributed by atoms with Gasteiger partial charge in [0.05, 0.1) is 24.3 Å². The van der Waals surface area contributed by atoms with Crippen LogP contribution in [0.25, 0.3) is 11.3 Å². The van der Waals surface area contributed by atoms with Crippen molar-refractivity contribution < 1.29 is 0 Å². The van der Waals surface area contributed by atoms with Gasteiger partial charge in [0.1, 0.15) is 0 Å². The highest BCUT2D eigenvalue weighted by molar-refractivity contribution is 5.62. The molecule has 0 spiro atoms. The molecule has 0 saturated carbocycles. The van der Waals surface area contributed by atoms with E-state index < -0.39 is 0 Å². The first-order valence-electron chi connectivity index (χ1n) is 10.0. The number of aromatic nitrogens is 4. The Morgan fingerprint density at radius 1 is 1.19 bits per heavy atom. The molecule has 27 heavy (non-hydrogen) atoms. The quantitative estimate of drug-likeness (QED) is 0.741. The van der Waals surface area contributed by atoms with Gasteiger partial charge >= 0.3 is 0 Å². The Kier molecular flexibility index (Phi) is 5.12. The molecule has 5 heteroatoms. The number of nitrogens with zero attached hydrogens (tertiary/aromatic N) is 4. The molecule has 1 aromatic carbocycles. The molecule has 4 rings (SSSR count). The van der Waals surface area contributed by atoms with Crippen molar-refractivity contribution in [2.75, 3.05) is 19.6 Å². The summed E-state index contributed by atoms with van der Waals surface area (Å²) in [5.74, 6) is 0.518. The van der Waals surface area contributed by atoms with Gasteiger partial charge in [-0.2, -0.15) is 5.10 Å². The van der Waals surface area contributed by atoms with E-state index in [1.54, 1.807) is 0 Å². The fourth-order valence-electron chi connectivity index (χ4n) is 4.31. The molecule has 1 aliphatic heterocycles. The molecule has 1 fully saturated rings. The number of hydrogen-bond acceptors (Lipinski definition) is 3. The van der Waals surface area contributed by atoms with E-state index in [0.717, 1.165) is 36.7 Å². The van der Waals surface area contributed by atoms with E-state index in [1.807, 2.05) is 6.33 Å². The molecule has 0 radical (unpaired) electrons. The number of hydrogen-bond donors (Lipinski definition) is 1. The number of benzene rings is 1. The van der Waals surface area contributed by atoms with E-state index >= 15 is 0 Å². The fourth-order valence-corrected chi connectivity index (χ4v) is 4.31. The van der Waals surface area contributed by atoms with Crippen molar-refractivity contribution in [3.8, 4) is 11.3 Å². The summed E-state index contributed by atoms with van der Waals surface area (Å²) >= 11 is 0. The normalized spacial score (nSPS) is 18.1. The number of likely N-dealkylation sites (N-methyl/N-ethyl adjacent to an activating group) is 1. The predicted octanol–water partition coefficient (Wildman–Crippen LogP) is 4.14. The Balaban J connectivity index is 1.76. The molecule has 5 nitrogen and oxygen atoms in total. The Bertz CT molecular complexity index is 873. The van der Waals surface area contributed by atoms with Crippen molar-refractivity contribution in [3.63, 3.8) is 0 Å². The largest absolute Gasteiger partial charge is 0.329 e. The summed E-state index contributed by atoms with van der Waals surface area (Å²) in [7, 11) is 0. The molecule has 3 aromatic rings. The summed E-state index contributed by atoms with van der Waals surface area (Å²) in [6.07, 6.45) is 4.50. The minimum Gasteiger partial charge on any atom is -0.329 e. The van der Waals surface area contributed by atoms with Gasteiger partial charge < -0.3 is 9.47 Å². The van der Waals surface area contributed by atoms with Crippen LogP contribution in [0.2, 0.25) is 0 Å². The van der Waals surface area contributed by atoms with Crippen LogP contribution >= 0.6 is 0 Å². The van der Waals surface area contributed by atoms with Gasteiger partial charge in [0.15, 0.2) is 0 Å². The van der Waals surface area contributed by atoms with E-state index in [2.05, 4.69) is 70.8 Å². The number of likely N-dealkylation sites (tertiary alicyclic amines) is 1. The first kappa shape index (κ1) is 18.0. The molecule has 0 unspecified atom stereocenters. The second-order valence-electron chi connectivity index (χ2n) is 7.62. The Hall–Kier alpha value is -2.40. The van der Waals surface area contributed by atoms with E-state index in [9.17, 15) is 0 Å². The van der Waals surface area contributed by atoms with Gasteiger partial charge in [-0.1, -0.05) is 37.3 Å². The molecule has 2 aromatic heterocycles. The maximum atomic E-state index is 4.87. The molecule has 0 amide bonds. The minimum absolute atomic E-state index is 0.518. The number of imidazole rings is 1. The lowest BCUT2D eigenvalue weighted by Crippen LogP contribution is -2.35. The van der Waals surface area contributed by atoms with Gasteiger partial charge in [-0.25, -0.2) is 4.98 Å². The number of piperidine rings is 1. The molecule has 0 bridgehead atoms. The maximum absolute atomic E-state index is 4.87. The number of H-pyrrole nitrogens is 1. The van der Waals surface area contributed by atoms with Crippen molar-refractivity contribution in [1.29, 1.82) is 0 Å². The minimum atomic E-state index is 0.518. The van der Waals surface area contributed by atoms with Crippen LogP contribution < -0.4 is 0 Å². The molecule has 0 aliphatic carbocycles. The molecule has 1 saturated heterocycles. The van der Waals surface area contributed by atoms with Gasteiger partial charge in [-0.05, 0) is 39.8 Å². The Morgan fingerprint density at radius 2 is 2.00 bits per heavy atom. The third-order valence-corrected chi connectivity index (χ3v) is 5.87. The summed E-state index contributed by atoms with van der Waals surface area (Å²) in [6.45, 7) is 10.7. The number of aromatic amines is 1. The van der Waals surface area contributed by atoms with Crippen LogP contribution in [0.5, 0.6) is 0 Å². The molecule has 3 heterocycles. The highest BCUT2D eigenvalue weighted by Crippen LogP contribution is 2.34. The molecule has 1 aliphatic rings. The fraction of sp³-hybridized carbons (Fsp3) is 0.455. The molecular weight excluding hydrogens is 334 g/mol. The first-order chi connectivity index (χ1) is 13.2. The standard InChI is InChI=1S/C22H29N5/c1-4-26-12-8-11-19(13-26)22-21(18-9-6-5-7-10-18)23-15-27(22)14-20-16(2)24-25-17(20)3/h5-7,9-10,15,19H,4,8,11-14H2,1-3H3,(H,24,25)/t19-/m0/s1. The topological polar surface area (TPSA) is 49.7 Å². The lowest BCUT2D eigenvalue weighted by atomic mass is 9.91. The monoisotopic (exact) mass is 363 g/mol. The average Bonchev–Trinajstić information content (AvgIpc) is 3.27. The summed E-state index contributed by atoms with van der Waals surface area (Å²) in [6, 6.07) is 10.6. The van der Waals surface area contributed by atoms with Crippen LogP contribution in [-0.4, -0.2) is 44.3 Å². The van der Waals surface area contributed by atoms with Crippen LogP contribution in [0.15, 0.2) is 36.7 Å². The van der Waals surface area contributed by atoms with Gasteiger partial charge in [-0.3, -0.25) is 5.10 Å². The summed E-state index contributed by atoms with van der Waals surface area (Å²) in [5, 5.41) is 7.50. The van der Waals surface area contributed by atoms with Crippen molar-refractivity contribution in [1.82, 2.24) is 24.6 Å². The Morgan fingerprint density at radius 3 is 2.70 bits per heavy atom. The third-order valence-electron chi connectivity index (χ3n) is 5.87. The van der Waals surface area contributed by atoms with Crippen molar-refractivity contribution in [2.45, 2.75) is 46.1 Å². The van der Waals surface area contributed by atoms with Gasteiger partial charge in [-0.15, -0.1) is 0 Å². The van der Waals surface area contributed by atoms with E-state index in [1.165, 1.54) is 36.2 Å². The first-order valence-corrected chi connectivity index (χ1v) is 10.0. The summed E-state index contributed by atoms with van der Waals surface area (Å²) in [5.41, 5.74) is 7.22. The second kappa shape index (κ2) is 7.69. The maximum Gasteiger partial charge on any atom is 0.0959 e. The van der Waals surface area contributed by atoms with E-state index in [-0.39, 0.29) is 0 Å². The van der Waals surface area contributed by atoms with Crippen molar-refractivity contribution in [3.05, 3.63) is 59.3 Å². The zero-order valence-corrected chi connectivity index (χ0v) is 16.6. The van der Waals surface area contributed by atoms with Crippen LogP contribution in [0.4, 0.5) is 0 Å². The lowest BCUT2D eigenvalue weighted by Gasteiger charge is -2.33. The average molecular weight is 364 g/mol. The summed E-state index contributed by atoms with van der Waals surface area (Å²) in [4.78, 5) is 7.43. The molecule has 1 atom stereocenters. The zero-order valence-electron chi connectivity index (χ0n) is 16.6. The van der Waals surface area contributed by atoms with Crippen molar-refractivity contribution >= 4 is 0 Å². The van der Waals surface area contributed by atoms with Gasteiger partial charge in [0.25, 0.3) is 0 Å². The zero-order chi connectivity index (χ0) is 18.8. The molecule has 1 N–H and O–H groups in total. The lowest BCUT2D eigenvalue weighted by molar-refractivity contribution is 0.214. The summed E-state index contributed by atoms with van der Waals surface area (Å²) < 4.78 is 2.36. The SMILES string of the molecule is CCN1CCC[C@H](c2c(-c3ccccc3)ncn2Cc2c(C)n[nH]c2C)C1. The van der Waals surface area contributed by atoms with Gasteiger partial charge in [0, 0.05) is 35.0 Å². The highest BCUT2D eigenvalue weighted by Gasteiger charge is 2.27. The predicted molar refractivity (Wildman–Crippen MR) is 109 cm³/mol. The number of nitrogens with one attached hydrogen (secondary N) is 1. The molecular formula is C22H29N5. The van der Waals surface area contributed by atoms with E-state index in [0.29, 0.717) is 5.92 Å². The van der Waals surface area contributed by atoms with Crippen LogP contribution in [0.3, 0.4) is 0 Å². The van der Waals surface area contributed by atoms with Crippen molar-refractivity contribution in [2.24, 2.45) is 0 Å². The second-order valence-corrected chi connectivity index (χ2v) is 7.62. The number of aryl methyl sites for hydroxylation is 2. The van der Waals surface area contributed by atoms with Crippen LogP contribution in [-0.2, 0) is 6.54 Å². The van der Waals surface area contributed by atoms with E-state index in [4.69, 9.17) is 4.98 Å². The Labute approximate surface area is 161 Å².